The minimum atomic E-state index is -0.987. The van der Waals surface area contributed by atoms with Crippen molar-refractivity contribution in [1.82, 2.24) is 14.8 Å². The van der Waals surface area contributed by atoms with Crippen molar-refractivity contribution >= 4 is 23.2 Å². The van der Waals surface area contributed by atoms with Crippen LogP contribution in [0.4, 0.5) is 0 Å². The number of hydrogen-bond acceptors (Lipinski definition) is 5. The van der Waals surface area contributed by atoms with Crippen molar-refractivity contribution in [3.63, 3.8) is 0 Å². The van der Waals surface area contributed by atoms with Gasteiger partial charge in [-0.25, -0.2) is 9.78 Å². The highest BCUT2D eigenvalue weighted by molar-refractivity contribution is 7.09. The monoisotopic (exact) mass is 269 g/mol. The second kappa shape index (κ2) is 5.45. The van der Waals surface area contributed by atoms with Crippen LogP contribution >= 0.6 is 11.3 Å². The van der Waals surface area contributed by atoms with Crippen LogP contribution in [-0.2, 0) is 11.3 Å². The van der Waals surface area contributed by atoms with Crippen LogP contribution in [-0.4, -0.2) is 57.9 Å². The lowest BCUT2D eigenvalue weighted by atomic mass is 10.3. The van der Waals surface area contributed by atoms with Crippen LogP contribution in [0.15, 0.2) is 5.38 Å². The first kappa shape index (κ1) is 13.0. The fraction of sp³-hybridized carbons (Fsp3) is 0.545. The number of thiazole rings is 1. The number of carboxylic acid groups (broad SMARTS) is 1. The normalized spacial score (nSPS) is 16.8. The maximum atomic E-state index is 11.2. The zero-order chi connectivity index (χ0) is 13.1. The highest BCUT2D eigenvalue weighted by Gasteiger charge is 2.19. The first-order valence-electron chi connectivity index (χ1n) is 5.72. The summed E-state index contributed by atoms with van der Waals surface area (Å²) in [5.74, 6) is -0.879. The van der Waals surface area contributed by atoms with Gasteiger partial charge in [0.1, 0.15) is 5.01 Å². The number of carbonyl (C=O) groups excluding carboxylic acids is 1. The Balaban J connectivity index is 1.87. The Morgan fingerprint density at radius 1 is 1.39 bits per heavy atom. The summed E-state index contributed by atoms with van der Waals surface area (Å²) in [7, 11) is 0. The van der Waals surface area contributed by atoms with Gasteiger partial charge in [0, 0.05) is 38.5 Å². The lowest BCUT2D eigenvalue weighted by Crippen LogP contribution is -2.47. The van der Waals surface area contributed by atoms with E-state index < -0.39 is 5.97 Å². The average Bonchev–Trinajstić information content (AvgIpc) is 2.78. The summed E-state index contributed by atoms with van der Waals surface area (Å²) in [5.41, 5.74) is 0.109. The van der Waals surface area contributed by atoms with E-state index in [0.29, 0.717) is 6.54 Å². The number of carboxylic acids is 1. The number of amides is 1. The van der Waals surface area contributed by atoms with E-state index >= 15 is 0 Å². The first-order valence-corrected chi connectivity index (χ1v) is 6.60. The summed E-state index contributed by atoms with van der Waals surface area (Å²) in [6.07, 6.45) is 0. The van der Waals surface area contributed by atoms with Gasteiger partial charge in [-0.1, -0.05) is 0 Å². The molecule has 1 fully saturated rings. The van der Waals surface area contributed by atoms with Crippen LogP contribution in [0.25, 0.3) is 0 Å². The van der Waals surface area contributed by atoms with E-state index in [0.717, 1.165) is 31.2 Å². The number of hydrogen-bond donors (Lipinski definition) is 1. The maximum absolute atomic E-state index is 11.2. The van der Waals surface area contributed by atoms with E-state index in [1.54, 1.807) is 12.3 Å². The smallest absolute Gasteiger partial charge is 0.355 e. The quantitative estimate of drug-likeness (QED) is 0.865. The molecular formula is C11H15N3O3S. The minimum absolute atomic E-state index is 0.108. The lowest BCUT2D eigenvalue weighted by molar-refractivity contribution is -0.130. The van der Waals surface area contributed by atoms with Crippen LogP contribution in [0.5, 0.6) is 0 Å². The fourth-order valence-electron chi connectivity index (χ4n) is 1.89. The van der Waals surface area contributed by atoms with Crippen LogP contribution in [0, 0.1) is 0 Å². The standard InChI is InChI=1S/C11H15N3O3S/c1-8(15)14-4-2-13(3-5-14)6-10-12-9(7-18-10)11(16)17/h7H,2-6H2,1H3,(H,16,17). The molecule has 1 amide bonds. The van der Waals surface area contributed by atoms with Crippen molar-refractivity contribution < 1.29 is 14.7 Å². The molecule has 2 heterocycles. The van der Waals surface area contributed by atoms with E-state index in [4.69, 9.17) is 5.11 Å². The average molecular weight is 269 g/mol. The molecule has 0 spiro atoms. The molecule has 1 aliphatic rings. The van der Waals surface area contributed by atoms with Gasteiger partial charge in [-0.3, -0.25) is 9.69 Å². The van der Waals surface area contributed by atoms with Gasteiger partial charge in [-0.2, -0.15) is 0 Å². The van der Waals surface area contributed by atoms with Gasteiger partial charge in [0.05, 0.1) is 6.54 Å². The maximum Gasteiger partial charge on any atom is 0.355 e. The summed E-state index contributed by atoms with van der Waals surface area (Å²) in [6.45, 7) is 5.31. The fourth-order valence-corrected chi connectivity index (χ4v) is 2.70. The van der Waals surface area contributed by atoms with Gasteiger partial charge in [0.15, 0.2) is 5.69 Å². The highest BCUT2D eigenvalue weighted by Crippen LogP contribution is 2.14. The van der Waals surface area contributed by atoms with Crippen LogP contribution < -0.4 is 0 Å². The second-order valence-corrected chi connectivity index (χ2v) is 5.16. The van der Waals surface area contributed by atoms with Crippen molar-refractivity contribution in [2.24, 2.45) is 0 Å². The Hall–Kier alpha value is -1.47. The van der Waals surface area contributed by atoms with Gasteiger partial charge in [0.2, 0.25) is 5.91 Å². The Bertz CT molecular complexity index is 452. The SMILES string of the molecule is CC(=O)N1CCN(Cc2nc(C(=O)O)cs2)CC1. The number of rotatable bonds is 3. The summed E-state index contributed by atoms with van der Waals surface area (Å²) in [4.78, 5) is 29.9. The molecule has 1 N–H and O–H groups in total. The van der Waals surface area contributed by atoms with E-state index in [1.807, 2.05) is 4.90 Å². The summed E-state index contributed by atoms with van der Waals surface area (Å²) in [5, 5.41) is 11.2. The molecular weight excluding hydrogens is 254 g/mol. The molecule has 6 nitrogen and oxygen atoms in total. The Morgan fingerprint density at radius 2 is 2.06 bits per heavy atom. The summed E-state index contributed by atoms with van der Waals surface area (Å²) < 4.78 is 0. The lowest BCUT2D eigenvalue weighted by Gasteiger charge is -2.33. The number of piperazine rings is 1. The zero-order valence-corrected chi connectivity index (χ0v) is 10.9. The molecule has 0 aromatic carbocycles. The molecule has 18 heavy (non-hydrogen) atoms. The van der Waals surface area contributed by atoms with E-state index in [1.165, 1.54) is 11.3 Å². The summed E-state index contributed by atoms with van der Waals surface area (Å²) in [6, 6.07) is 0. The third-order valence-corrected chi connectivity index (χ3v) is 3.78. The molecule has 0 aliphatic carbocycles. The highest BCUT2D eigenvalue weighted by atomic mass is 32.1. The predicted molar refractivity (Wildman–Crippen MR) is 66.6 cm³/mol. The van der Waals surface area contributed by atoms with Gasteiger partial charge in [0.25, 0.3) is 0 Å². The number of nitrogens with zero attached hydrogens (tertiary/aromatic N) is 3. The second-order valence-electron chi connectivity index (χ2n) is 4.21. The molecule has 7 heteroatoms. The van der Waals surface area contributed by atoms with E-state index in [-0.39, 0.29) is 11.6 Å². The summed E-state index contributed by atoms with van der Waals surface area (Å²) >= 11 is 1.36. The predicted octanol–water partition coefficient (Wildman–Crippen LogP) is 0.505. The molecule has 2 rings (SSSR count). The van der Waals surface area contributed by atoms with Crippen molar-refractivity contribution in [2.75, 3.05) is 26.2 Å². The van der Waals surface area contributed by atoms with E-state index in [2.05, 4.69) is 9.88 Å². The molecule has 0 unspecified atom stereocenters. The largest absolute Gasteiger partial charge is 0.476 e. The number of aromatic carboxylic acids is 1. The first-order chi connectivity index (χ1) is 8.56. The molecule has 1 aromatic heterocycles. The third kappa shape index (κ3) is 3.05. The van der Waals surface area contributed by atoms with Crippen molar-refractivity contribution in [3.05, 3.63) is 16.1 Å². The van der Waals surface area contributed by atoms with Gasteiger partial charge in [-0.05, 0) is 0 Å². The minimum Gasteiger partial charge on any atom is -0.476 e. The molecule has 1 aliphatic heterocycles. The Kier molecular flexibility index (Phi) is 3.93. The van der Waals surface area contributed by atoms with Gasteiger partial charge in [-0.15, -0.1) is 11.3 Å². The zero-order valence-electron chi connectivity index (χ0n) is 10.1. The third-order valence-electron chi connectivity index (χ3n) is 2.95. The van der Waals surface area contributed by atoms with Crippen LogP contribution in [0.2, 0.25) is 0 Å². The van der Waals surface area contributed by atoms with Gasteiger partial charge >= 0.3 is 5.97 Å². The van der Waals surface area contributed by atoms with Gasteiger partial charge < -0.3 is 10.0 Å². The molecule has 0 saturated carbocycles. The number of carbonyl (C=O) groups is 2. The van der Waals surface area contributed by atoms with Crippen LogP contribution in [0.1, 0.15) is 22.4 Å². The Morgan fingerprint density at radius 3 is 2.56 bits per heavy atom. The Labute approximate surface area is 109 Å². The molecule has 0 radical (unpaired) electrons. The van der Waals surface area contributed by atoms with Crippen molar-refractivity contribution in [1.29, 1.82) is 0 Å². The molecule has 0 atom stereocenters. The van der Waals surface area contributed by atoms with Crippen molar-refractivity contribution in [2.45, 2.75) is 13.5 Å². The van der Waals surface area contributed by atoms with E-state index in [9.17, 15) is 9.59 Å². The molecule has 1 aromatic rings. The van der Waals surface area contributed by atoms with Crippen LogP contribution in [0.3, 0.4) is 0 Å². The number of aromatic nitrogens is 1. The van der Waals surface area contributed by atoms with Crippen molar-refractivity contribution in [3.8, 4) is 0 Å². The molecule has 1 saturated heterocycles. The topological polar surface area (TPSA) is 73.7 Å². The molecule has 98 valence electrons. The molecule has 0 bridgehead atoms.